The van der Waals surface area contributed by atoms with Crippen LogP contribution in [0.2, 0.25) is 0 Å². The average Bonchev–Trinajstić information content (AvgIpc) is 2.84. The van der Waals surface area contributed by atoms with Crippen LogP contribution < -0.4 is 10.5 Å². The van der Waals surface area contributed by atoms with Gasteiger partial charge in [0.25, 0.3) is 0 Å². The Hall–Kier alpha value is -1.13. The maximum Gasteiger partial charge on any atom is 0.165 e. The number of ether oxygens (including phenoxy) is 1. The van der Waals surface area contributed by atoms with Crippen LogP contribution in [0.4, 0.5) is 4.39 Å². The summed E-state index contributed by atoms with van der Waals surface area (Å²) in [6.45, 7) is 2.67. The predicted octanol–water partition coefficient (Wildman–Crippen LogP) is 2.54. The van der Waals surface area contributed by atoms with Crippen LogP contribution in [0.25, 0.3) is 0 Å². The Bertz CT molecular complexity index is 411. The molecule has 1 atom stereocenters. The second-order valence-electron chi connectivity index (χ2n) is 5.17. The molecule has 0 saturated carbocycles. The first kappa shape index (κ1) is 14.3. The molecule has 1 unspecified atom stereocenters. The minimum atomic E-state index is -0.280. The molecule has 1 heterocycles. The molecule has 4 heteroatoms. The third kappa shape index (κ3) is 3.67. The Labute approximate surface area is 114 Å². The van der Waals surface area contributed by atoms with Crippen LogP contribution in [0.15, 0.2) is 18.2 Å². The van der Waals surface area contributed by atoms with E-state index in [2.05, 4.69) is 4.90 Å². The molecule has 1 aliphatic heterocycles. The molecule has 0 aliphatic carbocycles. The van der Waals surface area contributed by atoms with Crippen molar-refractivity contribution in [1.29, 1.82) is 0 Å². The zero-order chi connectivity index (χ0) is 13.7. The van der Waals surface area contributed by atoms with Gasteiger partial charge in [-0.25, -0.2) is 4.39 Å². The SMILES string of the molecule is COc1ccc(CN2CCCC2CCCN)cc1F. The molecule has 1 aromatic rings. The van der Waals surface area contributed by atoms with Crippen LogP contribution >= 0.6 is 0 Å². The largest absolute Gasteiger partial charge is 0.494 e. The maximum atomic E-state index is 13.7. The number of nitrogens with two attached hydrogens (primary N) is 1. The van der Waals surface area contributed by atoms with E-state index < -0.39 is 0 Å². The predicted molar refractivity (Wildman–Crippen MR) is 74.7 cm³/mol. The molecule has 0 amide bonds. The minimum Gasteiger partial charge on any atom is -0.494 e. The summed E-state index contributed by atoms with van der Waals surface area (Å²) >= 11 is 0. The van der Waals surface area contributed by atoms with E-state index in [0.717, 1.165) is 38.0 Å². The third-order valence-corrected chi connectivity index (χ3v) is 3.84. The molecule has 106 valence electrons. The van der Waals surface area contributed by atoms with E-state index >= 15 is 0 Å². The molecular formula is C15H23FN2O. The highest BCUT2D eigenvalue weighted by molar-refractivity contribution is 5.29. The van der Waals surface area contributed by atoms with E-state index in [-0.39, 0.29) is 5.82 Å². The van der Waals surface area contributed by atoms with E-state index in [4.69, 9.17) is 10.5 Å². The summed E-state index contributed by atoms with van der Waals surface area (Å²) in [4.78, 5) is 2.44. The van der Waals surface area contributed by atoms with Gasteiger partial charge >= 0.3 is 0 Å². The highest BCUT2D eigenvalue weighted by Crippen LogP contribution is 2.25. The van der Waals surface area contributed by atoms with Crippen LogP contribution in [0, 0.1) is 5.82 Å². The van der Waals surface area contributed by atoms with Gasteiger partial charge in [0.2, 0.25) is 0 Å². The molecule has 2 rings (SSSR count). The lowest BCUT2D eigenvalue weighted by Crippen LogP contribution is -2.29. The highest BCUT2D eigenvalue weighted by atomic mass is 19.1. The molecule has 19 heavy (non-hydrogen) atoms. The second kappa shape index (κ2) is 6.87. The normalized spacial score (nSPS) is 19.8. The molecule has 2 N–H and O–H groups in total. The first-order valence-corrected chi connectivity index (χ1v) is 7.01. The fourth-order valence-electron chi connectivity index (χ4n) is 2.83. The van der Waals surface area contributed by atoms with Crippen molar-refractivity contribution in [2.24, 2.45) is 5.73 Å². The molecule has 0 aromatic heterocycles. The van der Waals surface area contributed by atoms with Gasteiger partial charge in [0.1, 0.15) is 0 Å². The molecule has 1 saturated heterocycles. The zero-order valence-corrected chi connectivity index (χ0v) is 11.6. The smallest absolute Gasteiger partial charge is 0.165 e. The van der Waals surface area contributed by atoms with Gasteiger partial charge in [-0.15, -0.1) is 0 Å². The van der Waals surface area contributed by atoms with Gasteiger partial charge in [-0.05, 0) is 56.5 Å². The topological polar surface area (TPSA) is 38.5 Å². The molecule has 0 spiro atoms. The van der Waals surface area contributed by atoms with E-state index in [0.29, 0.717) is 11.8 Å². The number of hydrogen-bond donors (Lipinski definition) is 1. The van der Waals surface area contributed by atoms with Crippen molar-refractivity contribution in [3.8, 4) is 5.75 Å². The summed E-state index contributed by atoms with van der Waals surface area (Å²) in [7, 11) is 1.49. The molecule has 0 radical (unpaired) electrons. The molecule has 1 fully saturated rings. The van der Waals surface area contributed by atoms with Crippen LogP contribution in [0.3, 0.4) is 0 Å². The van der Waals surface area contributed by atoms with Gasteiger partial charge in [0.05, 0.1) is 7.11 Å². The van der Waals surface area contributed by atoms with Gasteiger partial charge < -0.3 is 10.5 Å². The van der Waals surface area contributed by atoms with E-state index in [1.165, 1.54) is 20.0 Å². The Morgan fingerprint density at radius 1 is 1.47 bits per heavy atom. The standard InChI is InChI=1S/C15H23FN2O/c1-19-15-7-6-12(10-14(15)16)11-18-9-3-5-13(18)4-2-8-17/h6-7,10,13H,2-5,8-9,11,17H2,1H3. The molecular weight excluding hydrogens is 243 g/mol. The lowest BCUT2D eigenvalue weighted by molar-refractivity contribution is 0.232. The first-order chi connectivity index (χ1) is 9.24. The lowest BCUT2D eigenvalue weighted by Gasteiger charge is -2.24. The van der Waals surface area contributed by atoms with Crippen molar-refractivity contribution in [3.63, 3.8) is 0 Å². The number of methoxy groups -OCH3 is 1. The average molecular weight is 266 g/mol. The van der Waals surface area contributed by atoms with Crippen molar-refractivity contribution >= 4 is 0 Å². The van der Waals surface area contributed by atoms with Crippen molar-refractivity contribution in [3.05, 3.63) is 29.6 Å². The monoisotopic (exact) mass is 266 g/mol. The van der Waals surface area contributed by atoms with Crippen molar-refractivity contribution in [2.45, 2.75) is 38.3 Å². The van der Waals surface area contributed by atoms with Crippen LogP contribution in [-0.2, 0) is 6.54 Å². The van der Waals surface area contributed by atoms with Gasteiger partial charge in [-0.3, -0.25) is 4.90 Å². The molecule has 3 nitrogen and oxygen atoms in total. The van der Waals surface area contributed by atoms with Gasteiger partial charge in [-0.1, -0.05) is 6.07 Å². The Kier molecular flexibility index (Phi) is 5.16. The van der Waals surface area contributed by atoms with E-state index in [9.17, 15) is 4.39 Å². The summed E-state index contributed by atoms with van der Waals surface area (Å²) in [5, 5.41) is 0. The Morgan fingerprint density at radius 3 is 3.00 bits per heavy atom. The summed E-state index contributed by atoms with van der Waals surface area (Å²) in [6, 6.07) is 5.83. The first-order valence-electron chi connectivity index (χ1n) is 7.01. The summed E-state index contributed by atoms with van der Waals surface area (Å²) < 4.78 is 18.6. The summed E-state index contributed by atoms with van der Waals surface area (Å²) in [6.07, 6.45) is 4.68. The highest BCUT2D eigenvalue weighted by Gasteiger charge is 2.23. The Balaban J connectivity index is 1.97. The third-order valence-electron chi connectivity index (χ3n) is 3.84. The van der Waals surface area contributed by atoms with Gasteiger partial charge in [0.15, 0.2) is 11.6 Å². The number of likely N-dealkylation sites (tertiary alicyclic amines) is 1. The fraction of sp³-hybridized carbons (Fsp3) is 0.600. The van der Waals surface area contributed by atoms with Gasteiger partial charge in [0, 0.05) is 12.6 Å². The fourth-order valence-corrected chi connectivity index (χ4v) is 2.83. The van der Waals surface area contributed by atoms with E-state index in [1.54, 1.807) is 12.1 Å². The molecule has 1 aliphatic rings. The van der Waals surface area contributed by atoms with Crippen molar-refractivity contribution < 1.29 is 9.13 Å². The zero-order valence-electron chi connectivity index (χ0n) is 11.6. The van der Waals surface area contributed by atoms with Crippen LogP contribution in [0.5, 0.6) is 5.75 Å². The van der Waals surface area contributed by atoms with Crippen molar-refractivity contribution in [1.82, 2.24) is 4.90 Å². The number of rotatable bonds is 6. The lowest BCUT2D eigenvalue weighted by atomic mass is 10.1. The van der Waals surface area contributed by atoms with Crippen LogP contribution in [0.1, 0.15) is 31.2 Å². The number of halogens is 1. The van der Waals surface area contributed by atoms with E-state index in [1.807, 2.05) is 6.07 Å². The quantitative estimate of drug-likeness (QED) is 0.860. The molecule has 1 aromatic carbocycles. The van der Waals surface area contributed by atoms with Crippen LogP contribution in [-0.4, -0.2) is 31.1 Å². The number of nitrogens with zero attached hydrogens (tertiary/aromatic N) is 1. The van der Waals surface area contributed by atoms with Crippen molar-refractivity contribution in [2.75, 3.05) is 20.2 Å². The molecule has 0 bridgehead atoms. The number of benzene rings is 1. The second-order valence-corrected chi connectivity index (χ2v) is 5.17. The maximum absolute atomic E-state index is 13.7. The summed E-state index contributed by atoms with van der Waals surface area (Å²) in [5.74, 6) is 0.0301. The van der Waals surface area contributed by atoms with Gasteiger partial charge in [-0.2, -0.15) is 0 Å². The minimum absolute atomic E-state index is 0.280. The summed E-state index contributed by atoms with van der Waals surface area (Å²) in [5.41, 5.74) is 6.59. The number of hydrogen-bond acceptors (Lipinski definition) is 3. The Morgan fingerprint density at radius 2 is 2.32 bits per heavy atom.